The van der Waals surface area contributed by atoms with Crippen molar-refractivity contribution in [1.82, 2.24) is 5.06 Å². The van der Waals surface area contributed by atoms with E-state index in [4.69, 9.17) is 33.5 Å². The third-order valence-electron chi connectivity index (χ3n) is 16.0. The van der Waals surface area contributed by atoms with Crippen LogP contribution < -0.4 is 28.9 Å². The SMILES string of the molecule is CCCOCCOCCN(CCCC(C)(C)SSCCC(C(=O)ON1C(=O)CCC1=O)S(=O)(=O)O)c1cc(COc2cc3c(cc2C)C(=O)N2c4ccccc4C[C@H]2C=N3)cc(COc2cc3c(cc2OC)C(=O)N2c4ccccc4C[C@H]2CC3)c1. The normalized spacial score (nSPS) is 17.3. The number of imide groups is 1. The average molecular weight is 1230 g/mol. The van der Waals surface area contributed by atoms with Gasteiger partial charge in [0.25, 0.3) is 33.7 Å². The minimum atomic E-state index is -4.92. The highest BCUT2D eigenvalue weighted by Gasteiger charge is 2.41. The molecule has 4 amide bonds. The molecule has 456 valence electrons. The van der Waals surface area contributed by atoms with Crippen molar-refractivity contribution in [3.8, 4) is 17.2 Å². The summed E-state index contributed by atoms with van der Waals surface area (Å²) < 4.78 is 65.4. The van der Waals surface area contributed by atoms with Gasteiger partial charge in [0, 0.05) is 90.4 Å². The van der Waals surface area contributed by atoms with Gasteiger partial charge in [0.15, 0.2) is 16.7 Å². The molecule has 0 radical (unpaired) electrons. The number of methoxy groups -OCH3 is 1. The van der Waals surface area contributed by atoms with E-state index in [1.165, 1.54) is 27.2 Å². The maximum atomic E-state index is 14.3. The van der Waals surface area contributed by atoms with Crippen LogP contribution in [0.15, 0.2) is 96.0 Å². The smallest absolute Gasteiger partial charge is 0.353 e. The number of hydrogen-bond acceptors (Lipinski definition) is 17. The number of ether oxygens (including phenoxy) is 5. The number of para-hydroxylation sites is 2. The van der Waals surface area contributed by atoms with Crippen molar-refractivity contribution in [3.63, 3.8) is 0 Å². The van der Waals surface area contributed by atoms with Gasteiger partial charge in [0.05, 0.1) is 44.2 Å². The van der Waals surface area contributed by atoms with Crippen molar-refractivity contribution in [3.05, 3.63) is 136 Å². The number of hydroxylamine groups is 2. The fourth-order valence-electron chi connectivity index (χ4n) is 11.6. The van der Waals surface area contributed by atoms with E-state index in [-0.39, 0.29) is 71.9 Å². The third kappa shape index (κ3) is 14.4. The lowest BCUT2D eigenvalue weighted by Gasteiger charge is -2.29. The molecule has 1 saturated heterocycles. The Labute approximate surface area is 510 Å². The zero-order valence-electron chi connectivity index (χ0n) is 49.1. The van der Waals surface area contributed by atoms with E-state index < -0.39 is 33.2 Å². The molecule has 1 fully saturated rings. The predicted molar refractivity (Wildman–Crippen MR) is 332 cm³/mol. The maximum Gasteiger partial charge on any atom is 0.353 e. The zero-order valence-corrected chi connectivity index (χ0v) is 51.6. The highest BCUT2D eigenvalue weighted by molar-refractivity contribution is 8.77. The molecule has 0 aromatic heterocycles. The second-order valence-corrected chi connectivity index (χ2v) is 27.4. The van der Waals surface area contributed by atoms with Crippen molar-refractivity contribution >= 4 is 90.3 Å². The highest BCUT2D eigenvalue weighted by Crippen LogP contribution is 2.43. The molecule has 5 aromatic rings. The van der Waals surface area contributed by atoms with Crippen molar-refractivity contribution in [2.45, 2.75) is 127 Å². The Balaban J connectivity index is 0.881. The Kier molecular flexibility index (Phi) is 19.8. The van der Waals surface area contributed by atoms with Gasteiger partial charge in [0.1, 0.15) is 19.0 Å². The number of benzene rings is 5. The molecule has 0 aliphatic carbocycles. The van der Waals surface area contributed by atoms with E-state index in [0.717, 1.165) is 70.6 Å². The van der Waals surface area contributed by atoms with E-state index >= 15 is 0 Å². The van der Waals surface area contributed by atoms with Gasteiger partial charge in [-0.25, -0.2) is 4.79 Å². The summed E-state index contributed by atoms with van der Waals surface area (Å²) in [5, 5.41) is -1.72. The van der Waals surface area contributed by atoms with Crippen LogP contribution in [-0.4, -0.2) is 128 Å². The fraction of sp³-hybridized carbons (Fsp3) is 0.438. The molecule has 0 spiro atoms. The topological polar surface area (TPSA) is 220 Å². The number of carbonyl (C=O) groups is 5. The monoisotopic (exact) mass is 1230 g/mol. The van der Waals surface area contributed by atoms with Crippen LogP contribution in [0.3, 0.4) is 0 Å². The summed E-state index contributed by atoms with van der Waals surface area (Å²) in [6, 6.07) is 29.6. The number of fused-ring (bicyclic) bond motifs is 8. The second kappa shape index (κ2) is 27.4. The Bertz CT molecular complexity index is 3510. The third-order valence-corrected chi connectivity index (χ3v) is 20.5. The largest absolute Gasteiger partial charge is 0.493 e. The average Bonchev–Trinajstić information content (AvgIpc) is 2.14. The lowest BCUT2D eigenvalue weighted by atomic mass is 9.99. The van der Waals surface area contributed by atoms with E-state index in [1.807, 2.05) is 77.5 Å². The molecule has 19 nitrogen and oxygen atoms in total. The lowest BCUT2D eigenvalue weighted by molar-refractivity contribution is -0.197. The van der Waals surface area contributed by atoms with Gasteiger partial charge in [-0.2, -0.15) is 8.42 Å². The first-order chi connectivity index (χ1) is 41.4. The number of carbonyl (C=O) groups excluding carboxylic acids is 5. The van der Waals surface area contributed by atoms with Gasteiger partial charge in [0.2, 0.25) is 0 Å². The molecule has 86 heavy (non-hydrogen) atoms. The van der Waals surface area contributed by atoms with Crippen molar-refractivity contribution in [2.24, 2.45) is 4.99 Å². The molecule has 5 aromatic carbocycles. The van der Waals surface area contributed by atoms with Crippen LogP contribution in [0.4, 0.5) is 22.7 Å². The summed E-state index contributed by atoms with van der Waals surface area (Å²) >= 11 is 0. The Morgan fingerprint density at radius 3 is 2.13 bits per heavy atom. The van der Waals surface area contributed by atoms with Crippen LogP contribution >= 0.6 is 21.6 Å². The summed E-state index contributed by atoms with van der Waals surface area (Å²) in [6.45, 7) is 11.5. The number of anilines is 3. The summed E-state index contributed by atoms with van der Waals surface area (Å²) in [7, 11) is -0.495. The molecule has 5 heterocycles. The molecule has 0 bridgehead atoms. The quantitative estimate of drug-likeness (QED) is 0.0213. The molecular weight excluding hydrogens is 1160 g/mol. The lowest BCUT2D eigenvalue weighted by Crippen LogP contribution is -2.39. The molecule has 1 N–H and O–H groups in total. The van der Waals surface area contributed by atoms with E-state index in [2.05, 4.69) is 56.0 Å². The van der Waals surface area contributed by atoms with E-state index in [0.29, 0.717) is 92.8 Å². The number of amides is 4. The fourth-order valence-corrected chi connectivity index (χ4v) is 15.2. The standard InChI is InChI=1S/C64H73N5O14S3/c1-6-24-79-26-27-80-25-23-66(22-11-21-64(3,4)85-84-28-20-58(86(75,76)77)63(74)83-69-59(70)18-19-60(69)71)48-31-42(39-81-55-37-52-51(29-41(55)2)62(73)68-49(38-65-52)34-46-13-8-10-15-54(46)68)30-43(32-48)40-82-57-35-44-16-17-47-33-45-12-7-9-14-53(45)67(47)61(72)50(44)36-56(57)78-5/h7-10,12-15,29-32,35-38,47,49,58H,6,11,16-28,33-34,39-40H2,1-5H3,(H,75,76,77)/t47-,49+,58?/m1/s1. The van der Waals surface area contributed by atoms with Gasteiger partial charge < -0.3 is 38.3 Å². The van der Waals surface area contributed by atoms with E-state index in [9.17, 15) is 36.9 Å². The molecular formula is C64H73N5O14S3. The summed E-state index contributed by atoms with van der Waals surface area (Å²) in [5.41, 5.74) is 10.0. The van der Waals surface area contributed by atoms with Crippen LogP contribution in [0, 0.1) is 6.92 Å². The maximum absolute atomic E-state index is 14.3. The van der Waals surface area contributed by atoms with Crippen molar-refractivity contribution in [2.75, 3.05) is 67.1 Å². The molecule has 1 unspecified atom stereocenters. The molecule has 5 aliphatic rings. The molecule has 10 rings (SSSR count). The number of rotatable bonds is 28. The van der Waals surface area contributed by atoms with Crippen LogP contribution in [0.5, 0.6) is 17.2 Å². The minimum absolute atomic E-state index is 0.0521. The van der Waals surface area contributed by atoms with Gasteiger partial charge in [-0.15, -0.1) is 5.06 Å². The zero-order chi connectivity index (χ0) is 60.7. The highest BCUT2D eigenvalue weighted by atomic mass is 33.1. The number of aliphatic imine (C=N–C) groups is 1. The number of aryl methyl sites for hydroxylation is 2. The van der Waals surface area contributed by atoms with Crippen LogP contribution in [0.2, 0.25) is 0 Å². The number of hydrogen-bond donors (Lipinski definition) is 1. The van der Waals surface area contributed by atoms with Crippen LogP contribution in [-0.2, 0) is 71.3 Å². The minimum Gasteiger partial charge on any atom is -0.493 e. The van der Waals surface area contributed by atoms with Gasteiger partial charge in [-0.1, -0.05) is 64.9 Å². The molecule has 3 atom stereocenters. The van der Waals surface area contributed by atoms with E-state index in [1.54, 1.807) is 13.2 Å². The first-order valence-electron chi connectivity index (χ1n) is 29.3. The molecule has 22 heteroatoms. The summed E-state index contributed by atoms with van der Waals surface area (Å²) in [4.78, 5) is 81.2. The first-order valence-corrected chi connectivity index (χ1v) is 33.1. The Morgan fingerprint density at radius 2 is 1.43 bits per heavy atom. The van der Waals surface area contributed by atoms with Crippen molar-refractivity contribution < 1.29 is 65.5 Å². The second-order valence-electron chi connectivity index (χ2n) is 22.7. The van der Waals surface area contributed by atoms with Gasteiger partial charge in [-0.05, 0) is 148 Å². The predicted octanol–water partition coefficient (Wildman–Crippen LogP) is 10.4. The van der Waals surface area contributed by atoms with Gasteiger partial charge in [-0.3, -0.25) is 33.6 Å². The van der Waals surface area contributed by atoms with Crippen LogP contribution in [0.1, 0.15) is 120 Å². The number of nitrogens with zero attached hydrogens (tertiary/aromatic N) is 5. The van der Waals surface area contributed by atoms with Crippen LogP contribution in [0.25, 0.3) is 0 Å². The Hall–Kier alpha value is -6.95. The summed E-state index contributed by atoms with van der Waals surface area (Å²) in [5.74, 6) is -1.40. The van der Waals surface area contributed by atoms with Crippen molar-refractivity contribution in [1.29, 1.82) is 0 Å². The summed E-state index contributed by atoms with van der Waals surface area (Å²) in [6.07, 6.45) is 6.53. The molecule has 0 saturated carbocycles. The molecule has 5 aliphatic heterocycles. The first kappa shape index (κ1) is 62.1. The van der Waals surface area contributed by atoms with Gasteiger partial charge >= 0.3 is 5.97 Å². The Morgan fingerprint density at radius 1 is 0.767 bits per heavy atom.